The zero-order chi connectivity index (χ0) is 25.0. The highest BCUT2D eigenvalue weighted by molar-refractivity contribution is 5.79. The topological polar surface area (TPSA) is 25.8 Å². The first-order chi connectivity index (χ1) is 18.2. The Bertz CT molecular complexity index is 1610. The molecule has 178 valence electrons. The van der Waals surface area contributed by atoms with Gasteiger partial charge in [-0.3, -0.25) is 0 Å². The summed E-state index contributed by atoms with van der Waals surface area (Å²) >= 11 is 0. The third kappa shape index (κ3) is 5.05. The average Bonchev–Trinajstić information content (AvgIpc) is 2.98. The molecule has 0 N–H and O–H groups in total. The van der Waals surface area contributed by atoms with Gasteiger partial charge in [-0.15, -0.1) is 0 Å². The number of rotatable bonds is 5. The number of aryl methyl sites for hydroxylation is 1. The molecule has 0 unspecified atom stereocenters. The first-order valence-corrected chi connectivity index (χ1v) is 12.8. The third-order valence-electron chi connectivity index (χ3n) is 6.79. The van der Waals surface area contributed by atoms with Crippen LogP contribution in [0.5, 0.6) is 0 Å². The van der Waals surface area contributed by atoms with Crippen molar-refractivity contribution in [3.8, 4) is 45.0 Å². The normalized spacial score (nSPS) is 12.8. The van der Waals surface area contributed by atoms with Crippen LogP contribution in [0.3, 0.4) is 0 Å². The van der Waals surface area contributed by atoms with E-state index in [1.807, 2.05) is 6.07 Å². The molecule has 2 heteroatoms. The Morgan fingerprint density at radius 2 is 1.16 bits per heavy atom. The number of allylic oxidation sites excluding steroid dienone is 4. The van der Waals surface area contributed by atoms with E-state index in [0.29, 0.717) is 0 Å². The van der Waals surface area contributed by atoms with E-state index in [2.05, 4.69) is 128 Å². The van der Waals surface area contributed by atoms with Crippen molar-refractivity contribution in [1.82, 2.24) is 9.97 Å². The van der Waals surface area contributed by atoms with Crippen molar-refractivity contribution in [2.75, 3.05) is 0 Å². The number of hydrogen-bond acceptors (Lipinski definition) is 2. The smallest absolute Gasteiger partial charge is 0.160 e. The molecule has 4 aromatic carbocycles. The molecule has 0 spiro atoms. The minimum atomic E-state index is 0.730. The van der Waals surface area contributed by atoms with Crippen LogP contribution < -0.4 is 0 Å². The molecule has 0 fully saturated rings. The zero-order valence-electron chi connectivity index (χ0n) is 20.9. The molecule has 37 heavy (non-hydrogen) atoms. The molecule has 1 aliphatic rings. The summed E-state index contributed by atoms with van der Waals surface area (Å²) in [7, 11) is 0. The fraction of sp³-hybridized carbons (Fsp3) is 0.0857. The molecule has 0 atom stereocenters. The second-order valence-electron chi connectivity index (χ2n) is 9.49. The zero-order valence-corrected chi connectivity index (χ0v) is 20.9. The molecule has 1 heterocycles. The maximum atomic E-state index is 5.09. The van der Waals surface area contributed by atoms with Gasteiger partial charge >= 0.3 is 0 Å². The van der Waals surface area contributed by atoms with Gasteiger partial charge in [-0.05, 0) is 60.2 Å². The van der Waals surface area contributed by atoms with E-state index in [1.165, 1.54) is 22.3 Å². The lowest BCUT2D eigenvalue weighted by molar-refractivity contribution is 1.04. The fourth-order valence-corrected chi connectivity index (χ4v) is 4.75. The highest BCUT2D eigenvalue weighted by Gasteiger charge is 2.13. The Labute approximate surface area is 218 Å². The highest BCUT2D eigenvalue weighted by Crippen LogP contribution is 2.31. The largest absolute Gasteiger partial charge is 0.228 e. The van der Waals surface area contributed by atoms with E-state index in [1.54, 1.807) is 0 Å². The van der Waals surface area contributed by atoms with Crippen LogP contribution in [0.25, 0.3) is 50.6 Å². The van der Waals surface area contributed by atoms with Gasteiger partial charge in [-0.2, -0.15) is 0 Å². The van der Waals surface area contributed by atoms with Gasteiger partial charge in [0.2, 0.25) is 0 Å². The van der Waals surface area contributed by atoms with E-state index in [9.17, 15) is 0 Å². The first kappa shape index (κ1) is 22.9. The Balaban J connectivity index is 1.49. The van der Waals surface area contributed by atoms with Crippen LogP contribution in [-0.2, 0) is 0 Å². The van der Waals surface area contributed by atoms with Crippen LogP contribution in [0.2, 0.25) is 0 Å². The van der Waals surface area contributed by atoms with Gasteiger partial charge in [0.1, 0.15) is 0 Å². The molecule has 0 amide bonds. The summed E-state index contributed by atoms with van der Waals surface area (Å²) in [4.78, 5) is 10.1. The standard InChI is InChI=1S/C35H28N2/c1-25-18-20-28(21-19-25)33-24-34(31-16-8-14-29(22-31)26-10-4-2-5-11-26)37-35(36-33)32-17-9-15-30(23-32)27-12-6-3-7-13-27/h3-4,6-24H,2,5H2,1H3. The Morgan fingerprint density at radius 1 is 0.514 bits per heavy atom. The predicted molar refractivity (Wildman–Crippen MR) is 155 cm³/mol. The summed E-state index contributed by atoms with van der Waals surface area (Å²) in [5.41, 5.74) is 11.1. The molecule has 2 nitrogen and oxygen atoms in total. The van der Waals surface area contributed by atoms with Crippen molar-refractivity contribution < 1.29 is 0 Å². The fourth-order valence-electron chi connectivity index (χ4n) is 4.75. The van der Waals surface area contributed by atoms with Crippen molar-refractivity contribution in [2.24, 2.45) is 0 Å². The third-order valence-corrected chi connectivity index (χ3v) is 6.79. The lowest BCUT2D eigenvalue weighted by Crippen LogP contribution is -1.97. The average molecular weight is 477 g/mol. The minimum Gasteiger partial charge on any atom is -0.228 e. The van der Waals surface area contributed by atoms with Crippen LogP contribution in [0, 0.1) is 6.92 Å². The molecule has 1 aromatic heterocycles. The second kappa shape index (κ2) is 10.2. The SMILES string of the molecule is Cc1ccc(-c2cc(-c3cccc(C4=CCCC=C4)c3)nc(-c3cccc(-c4ccccc4)c3)n2)cc1. The first-order valence-electron chi connectivity index (χ1n) is 12.8. The molecule has 0 bridgehead atoms. The van der Waals surface area contributed by atoms with Crippen molar-refractivity contribution in [1.29, 1.82) is 0 Å². The van der Waals surface area contributed by atoms with Gasteiger partial charge in [-0.1, -0.05) is 115 Å². The number of hydrogen-bond donors (Lipinski definition) is 0. The lowest BCUT2D eigenvalue weighted by Gasteiger charge is -2.12. The maximum absolute atomic E-state index is 5.09. The monoisotopic (exact) mass is 476 g/mol. The molecule has 0 aliphatic heterocycles. The molecule has 6 rings (SSSR count). The van der Waals surface area contributed by atoms with Gasteiger partial charge in [0.05, 0.1) is 11.4 Å². The number of nitrogens with zero attached hydrogens (tertiary/aromatic N) is 2. The molecular weight excluding hydrogens is 448 g/mol. The Kier molecular flexibility index (Phi) is 6.31. The summed E-state index contributed by atoms with van der Waals surface area (Å²) in [6.07, 6.45) is 8.99. The molecular formula is C35H28N2. The number of aromatic nitrogens is 2. The molecule has 0 saturated heterocycles. The van der Waals surface area contributed by atoms with E-state index in [-0.39, 0.29) is 0 Å². The van der Waals surface area contributed by atoms with Gasteiger partial charge < -0.3 is 0 Å². The predicted octanol–water partition coefficient (Wildman–Crippen LogP) is 9.19. The van der Waals surface area contributed by atoms with Crippen molar-refractivity contribution in [2.45, 2.75) is 19.8 Å². The van der Waals surface area contributed by atoms with Crippen LogP contribution in [0.15, 0.2) is 127 Å². The van der Waals surface area contributed by atoms with Gasteiger partial charge in [0, 0.05) is 16.7 Å². The maximum Gasteiger partial charge on any atom is 0.160 e. The minimum absolute atomic E-state index is 0.730. The Hall–Kier alpha value is -4.56. The van der Waals surface area contributed by atoms with Crippen molar-refractivity contribution >= 4 is 5.57 Å². The van der Waals surface area contributed by atoms with Crippen molar-refractivity contribution in [3.05, 3.63) is 139 Å². The van der Waals surface area contributed by atoms with Crippen molar-refractivity contribution in [3.63, 3.8) is 0 Å². The van der Waals surface area contributed by atoms with Gasteiger partial charge in [-0.25, -0.2) is 9.97 Å². The molecule has 5 aromatic rings. The van der Waals surface area contributed by atoms with E-state index in [4.69, 9.17) is 9.97 Å². The summed E-state index contributed by atoms with van der Waals surface area (Å²) in [6, 6.07) is 38.3. The summed E-state index contributed by atoms with van der Waals surface area (Å²) in [5, 5.41) is 0. The van der Waals surface area contributed by atoms with Crippen LogP contribution in [0.1, 0.15) is 24.0 Å². The summed E-state index contributed by atoms with van der Waals surface area (Å²) in [5.74, 6) is 0.730. The molecule has 1 aliphatic carbocycles. The summed E-state index contributed by atoms with van der Waals surface area (Å²) in [6.45, 7) is 2.11. The molecule has 0 radical (unpaired) electrons. The van der Waals surface area contributed by atoms with Gasteiger partial charge in [0.25, 0.3) is 0 Å². The van der Waals surface area contributed by atoms with Crippen LogP contribution in [0.4, 0.5) is 0 Å². The highest BCUT2D eigenvalue weighted by atomic mass is 14.9. The molecule has 0 saturated carbocycles. The van der Waals surface area contributed by atoms with Gasteiger partial charge in [0.15, 0.2) is 5.82 Å². The number of benzene rings is 4. The van der Waals surface area contributed by atoms with E-state index >= 15 is 0 Å². The summed E-state index contributed by atoms with van der Waals surface area (Å²) < 4.78 is 0. The van der Waals surface area contributed by atoms with E-state index < -0.39 is 0 Å². The van der Waals surface area contributed by atoms with Crippen LogP contribution in [-0.4, -0.2) is 9.97 Å². The van der Waals surface area contributed by atoms with E-state index in [0.717, 1.165) is 52.3 Å². The quantitative estimate of drug-likeness (QED) is 0.253. The second-order valence-corrected chi connectivity index (χ2v) is 9.49. The van der Waals surface area contributed by atoms with Crippen LogP contribution >= 0.6 is 0 Å². The Morgan fingerprint density at radius 3 is 1.92 bits per heavy atom. The lowest BCUT2D eigenvalue weighted by atomic mass is 9.97.